The van der Waals surface area contributed by atoms with E-state index in [0.29, 0.717) is 11.4 Å². The minimum atomic E-state index is -0.212. The maximum absolute atomic E-state index is 12.2. The molecule has 3 heterocycles. The quantitative estimate of drug-likeness (QED) is 0.809. The van der Waals surface area contributed by atoms with Crippen LogP contribution in [-0.4, -0.2) is 32.1 Å². The molecule has 6 heteroatoms. The minimum absolute atomic E-state index is 0.202. The third-order valence-corrected chi connectivity index (χ3v) is 4.78. The van der Waals surface area contributed by atoms with E-state index in [9.17, 15) is 9.59 Å². The number of carbonyl (C=O) groups excluding carboxylic acids is 2. The van der Waals surface area contributed by atoms with Gasteiger partial charge < -0.3 is 4.57 Å². The average molecular weight is 327 g/mol. The van der Waals surface area contributed by atoms with Crippen LogP contribution < -0.4 is 0 Å². The summed E-state index contributed by atoms with van der Waals surface area (Å²) in [5, 5.41) is -0.202. The van der Waals surface area contributed by atoms with Crippen LogP contribution >= 0.6 is 11.8 Å². The number of imide groups is 1. The standard InChI is InChI=1S/C17H17N3O2S/c1-4-19-16(21)15(23-17(19)22)10-13-9-11(2)20(12(13)3)14-5-7-18-8-6-14/h5-10H,4H2,1-3H3. The van der Waals surface area contributed by atoms with Crippen molar-refractivity contribution in [2.75, 3.05) is 6.54 Å². The highest BCUT2D eigenvalue weighted by atomic mass is 32.2. The molecule has 23 heavy (non-hydrogen) atoms. The number of carbonyl (C=O) groups is 2. The van der Waals surface area contributed by atoms with Crippen LogP contribution in [-0.2, 0) is 4.79 Å². The molecule has 0 atom stereocenters. The van der Waals surface area contributed by atoms with Crippen molar-refractivity contribution in [3.05, 3.63) is 52.4 Å². The summed E-state index contributed by atoms with van der Waals surface area (Å²) < 4.78 is 2.11. The van der Waals surface area contributed by atoms with E-state index in [-0.39, 0.29) is 11.1 Å². The molecule has 5 nitrogen and oxygen atoms in total. The van der Waals surface area contributed by atoms with Crippen LogP contribution in [0.1, 0.15) is 23.9 Å². The molecule has 0 aromatic carbocycles. The highest BCUT2D eigenvalue weighted by Crippen LogP contribution is 2.33. The first-order valence-corrected chi connectivity index (χ1v) is 8.19. The molecule has 0 aliphatic carbocycles. The molecule has 3 rings (SSSR count). The molecule has 1 aliphatic rings. The van der Waals surface area contributed by atoms with Gasteiger partial charge >= 0.3 is 0 Å². The van der Waals surface area contributed by atoms with Crippen molar-refractivity contribution in [1.82, 2.24) is 14.5 Å². The van der Waals surface area contributed by atoms with Gasteiger partial charge in [-0.2, -0.15) is 0 Å². The first-order valence-electron chi connectivity index (χ1n) is 7.37. The minimum Gasteiger partial charge on any atom is -0.318 e. The zero-order valence-corrected chi connectivity index (χ0v) is 14.1. The number of pyridine rings is 1. The normalized spacial score (nSPS) is 16.7. The molecular weight excluding hydrogens is 310 g/mol. The van der Waals surface area contributed by atoms with Crippen molar-refractivity contribution >= 4 is 29.0 Å². The van der Waals surface area contributed by atoms with E-state index in [2.05, 4.69) is 9.55 Å². The second-order valence-electron chi connectivity index (χ2n) is 5.29. The van der Waals surface area contributed by atoms with Crippen LogP contribution in [0.4, 0.5) is 4.79 Å². The highest BCUT2D eigenvalue weighted by Gasteiger charge is 2.33. The molecule has 1 aliphatic heterocycles. The molecule has 2 aromatic rings. The van der Waals surface area contributed by atoms with Crippen LogP contribution in [0.2, 0.25) is 0 Å². The van der Waals surface area contributed by atoms with Crippen molar-refractivity contribution in [2.24, 2.45) is 0 Å². The molecule has 0 unspecified atom stereocenters. The monoisotopic (exact) mass is 327 g/mol. The topological polar surface area (TPSA) is 55.2 Å². The smallest absolute Gasteiger partial charge is 0.293 e. The number of hydrogen-bond donors (Lipinski definition) is 0. The second-order valence-corrected chi connectivity index (χ2v) is 6.29. The summed E-state index contributed by atoms with van der Waals surface area (Å²) in [5.41, 5.74) is 4.06. The van der Waals surface area contributed by atoms with Gasteiger partial charge in [-0.1, -0.05) is 0 Å². The Bertz CT molecular complexity index is 809. The molecule has 118 valence electrons. The third kappa shape index (κ3) is 2.70. The van der Waals surface area contributed by atoms with Crippen molar-refractivity contribution in [2.45, 2.75) is 20.8 Å². The van der Waals surface area contributed by atoms with Crippen LogP contribution in [0.25, 0.3) is 11.8 Å². The van der Waals surface area contributed by atoms with Gasteiger partial charge in [0.1, 0.15) is 0 Å². The first-order chi connectivity index (χ1) is 11.0. The van der Waals surface area contributed by atoms with Gasteiger partial charge in [0, 0.05) is 36.0 Å². The number of amides is 2. The summed E-state index contributed by atoms with van der Waals surface area (Å²) in [6, 6.07) is 5.90. The summed E-state index contributed by atoms with van der Waals surface area (Å²) in [7, 11) is 0. The van der Waals surface area contributed by atoms with E-state index in [1.54, 1.807) is 25.4 Å². The zero-order chi connectivity index (χ0) is 16.6. The Hall–Kier alpha value is -2.34. The van der Waals surface area contributed by atoms with Gasteiger partial charge in [0.15, 0.2) is 0 Å². The van der Waals surface area contributed by atoms with Crippen LogP contribution in [0, 0.1) is 13.8 Å². The number of nitrogens with zero attached hydrogens (tertiary/aromatic N) is 3. The van der Waals surface area contributed by atoms with E-state index in [0.717, 1.165) is 34.4 Å². The van der Waals surface area contributed by atoms with Crippen molar-refractivity contribution < 1.29 is 9.59 Å². The number of aryl methyl sites for hydroxylation is 1. The first kappa shape index (κ1) is 15.6. The summed E-state index contributed by atoms with van der Waals surface area (Å²) in [6.07, 6.45) is 5.31. The van der Waals surface area contributed by atoms with Gasteiger partial charge in [-0.05, 0) is 62.4 Å². The number of aromatic nitrogens is 2. The predicted molar refractivity (Wildman–Crippen MR) is 91.4 cm³/mol. The molecule has 0 spiro atoms. The number of hydrogen-bond acceptors (Lipinski definition) is 4. The van der Waals surface area contributed by atoms with Gasteiger partial charge in [-0.3, -0.25) is 19.5 Å². The second kappa shape index (κ2) is 6.04. The van der Waals surface area contributed by atoms with Crippen LogP contribution in [0.5, 0.6) is 0 Å². The fraction of sp³-hybridized carbons (Fsp3) is 0.235. The predicted octanol–water partition coefficient (Wildman–Crippen LogP) is 3.55. The molecular formula is C17H17N3O2S. The van der Waals surface area contributed by atoms with Gasteiger partial charge in [0.25, 0.3) is 11.1 Å². The Morgan fingerprint density at radius 3 is 2.52 bits per heavy atom. The van der Waals surface area contributed by atoms with Gasteiger partial charge in [0.05, 0.1) is 4.91 Å². The number of thioether (sulfide) groups is 1. The van der Waals surface area contributed by atoms with Crippen molar-refractivity contribution in [3.8, 4) is 5.69 Å². The van der Waals surface area contributed by atoms with Crippen molar-refractivity contribution in [3.63, 3.8) is 0 Å². The Balaban J connectivity index is 2.02. The van der Waals surface area contributed by atoms with E-state index in [1.165, 1.54) is 4.90 Å². The molecule has 2 aromatic heterocycles. The lowest BCUT2D eigenvalue weighted by Gasteiger charge is -2.09. The molecule has 0 bridgehead atoms. The SMILES string of the molecule is CCN1C(=O)SC(=Cc2cc(C)n(-c3ccncc3)c2C)C1=O. The fourth-order valence-electron chi connectivity index (χ4n) is 2.74. The van der Waals surface area contributed by atoms with E-state index < -0.39 is 0 Å². The van der Waals surface area contributed by atoms with Gasteiger partial charge in [0.2, 0.25) is 0 Å². The molecule has 1 saturated heterocycles. The molecule has 1 fully saturated rings. The zero-order valence-electron chi connectivity index (χ0n) is 13.2. The summed E-state index contributed by atoms with van der Waals surface area (Å²) in [6.45, 7) is 6.22. The maximum Gasteiger partial charge on any atom is 0.293 e. The van der Waals surface area contributed by atoms with E-state index in [1.807, 2.05) is 32.0 Å². The fourth-order valence-corrected chi connectivity index (χ4v) is 3.63. The lowest BCUT2D eigenvalue weighted by atomic mass is 10.2. The number of rotatable bonds is 3. The Morgan fingerprint density at radius 1 is 1.22 bits per heavy atom. The molecule has 0 N–H and O–H groups in total. The highest BCUT2D eigenvalue weighted by molar-refractivity contribution is 8.18. The van der Waals surface area contributed by atoms with E-state index in [4.69, 9.17) is 0 Å². The lowest BCUT2D eigenvalue weighted by Crippen LogP contribution is -2.27. The average Bonchev–Trinajstić information content (AvgIpc) is 2.96. The van der Waals surface area contributed by atoms with Gasteiger partial charge in [-0.15, -0.1) is 0 Å². The van der Waals surface area contributed by atoms with E-state index >= 15 is 0 Å². The summed E-state index contributed by atoms with van der Waals surface area (Å²) in [4.78, 5) is 29.8. The van der Waals surface area contributed by atoms with Crippen LogP contribution in [0.15, 0.2) is 35.5 Å². The summed E-state index contributed by atoms with van der Waals surface area (Å²) in [5.74, 6) is -0.212. The molecule has 2 amide bonds. The lowest BCUT2D eigenvalue weighted by molar-refractivity contribution is -0.122. The Labute approximate surface area is 139 Å². The largest absolute Gasteiger partial charge is 0.318 e. The number of likely N-dealkylation sites (N-methyl/N-ethyl adjacent to an activating group) is 1. The Kier molecular flexibility index (Phi) is 4.09. The van der Waals surface area contributed by atoms with Crippen molar-refractivity contribution in [1.29, 1.82) is 0 Å². The Morgan fingerprint density at radius 2 is 1.91 bits per heavy atom. The summed E-state index contributed by atoms with van der Waals surface area (Å²) >= 11 is 1.00. The molecule has 0 saturated carbocycles. The third-order valence-electron chi connectivity index (χ3n) is 3.87. The molecule has 0 radical (unpaired) electrons. The maximum atomic E-state index is 12.2. The van der Waals surface area contributed by atoms with Gasteiger partial charge in [-0.25, -0.2) is 0 Å². The van der Waals surface area contributed by atoms with Crippen LogP contribution in [0.3, 0.4) is 0 Å².